The van der Waals surface area contributed by atoms with Crippen molar-refractivity contribution in [3.63, 3.8) is 0 Å². The van der Waals surface area contributed by atoms with E-state index in [0.717, 1.165) is 4.90 Å². The molecule has 3 N–H and O–H groups in total. The SMILES string of the molecule is CCC1(C)NC(=O)N(Cc2cccc(CN)c2F)C1=O. The van der Waals surface area contributed by atoms with Crippen LogP contribution < -0.4 is 11.1 Å². The predicted molar refractivity (Wildman–Crippen MR) is 72.1 cm³/mol. The number of nitrogens with zero attached hydrogens (tertiary/aromatic N) is 1. The normalized spacial score (nSPS) is 22.3. The summed E-state index contributed by atoms with van der Waals surface area (Å²) >= 11 is 0. The predicted octanol–water partition coefficient (Wildman–Crippen LogP) is 1.50. The van der Waals surface area contributed by atoms with Crippen LogP contribution in [0.5, 0.6) is 0 Å². The summed E-state index contributed by atoms with van der Waals surface area (Å²) in [6, 6.07) is 4.31. The quantitative estimate of drug-likeness (QED) is 0.820. The van der Waals surface area contributed by atoms with Crippen molar-refractivity contribution in [1.82, 2.24) is 10.2 Å². The van der Waals surface area contributed by atoms with Crippen LogP contribution in [0.2, 0.25) is 0 Å². The number of amides is 3. The molecule has 1 aliphatic heterocycles. The summed E-state index contributed by atoms with van der Waals surface area (Å²) in [5.74, 6) is -0.789. The third-order valence-corrected chi connectivity index (χ3v) is 3.76. The molecule has 108 valence electrons. The van der Waals surface area contributed by atoms with Crippen LogP contribution in [0.15, 0.2) is 18.2 Å². The number of imide groups is 1. The molecule has 1 aromatic carbocycles. The van der Waals surface area contributed by atoms with E-state index in [4.69, 9.17) is 5.73 Å². The smallest absolute Gasteiger partial charge is 0.325 e. The molecule has 1 atom stereocenters. The standard InChI is InChI=1S/C14H18FN3O2/c1-3-14(2)12(19)18(13(20)17-14)8-10-6-4-5-9(7-16)11(10)15/h4-6H,3,7-8,16H2,1-2H3,(H,17,20). The van der Waals surface area contributed by atoms with E-state index in [-0.39, 0.29) is 24.6 Å². The van der Waals surface area contributed by atoms with Gasteiger partial charge in [-0.15, -0.1) is 0 Å². The molecule has 3 amide bonds. The monoisotopic (exact) mass is 279 g/mol. The number of halogens is 1. The fourth-order valence-corrected chi connectivity index (χ4v) is 2.21. The summed E-state index contributed by atoms with van der Waals surface area (Å²) in [5.41, 5.74) is 5.20. The molecule has 1 aromatic rings. The molecule has 0 bridgehead atoms. The van der Waals surface area contributed by atoms with Gasteiger partial charge in [-0.25, -0.2) is 9.18 Å². The highest BCUT2D eigenvalue weighted by Crippen LogP contribution is 2.24. The van der Waals surface area contributed by atoms with Crippen molar-refractivity contribution in [3.05, 3.63) is 35.1 Å². The van der Waals surface area contributed by atoms with Crippen molar-refractivity contribution in [2.24, 2.45) is 5.73 Å². The van der Waals surface area contributed by atoms with Crippen LogP contribution in [0.3, 0.4) is 0 Å². The van der Waals surface area contributed by atoms with E-state index in [1.807, 2.05) is 6.92 Å². The first-order valence-corrected chi connectivity index (χ1v) is 6.53. The zero-order chi connectivity index (χ0) is 14.9. The van der Waals surface area contributed by atoms with Crippen LogP contribution in [0.25, 0.3) is 0 Å². The number of rotatable bonds is 4. The minimum absolute atomic E-state index is 0.0759. The lowest BCUT2D eigenvalue weighted by Gasteiger charge is -2.19. The van der Waals surface area contributed by atoms with Gasteiger partial charge < -0.3 is 11.1 Å². The van der Waals surface area contributed by atoms with Gasteiger partial charge in [-0.1, -0.05) is 25.1 Å². The summed E-state index contributed by atoms with van der Waals surface area (Å²) in [5, 5.41) is 2.64. The molecule has 0 aliphatic carbocycles. The average Bonchev–Trinajstić information content (AvgIpc) is 2.65. The first-order valence-electron chi connectivity index (χ1n) is 6.53. The second-order valence-electron chi connectivity index (χ2n) is 5.10. The Morgan fingerprint density at radius 2 is 2.00 bits per heavy atom. The molecule has 1 heterocycles. The van der Waals surface area contributed by atoms with Crippen LogP contribution in [0.4, 0.5) is 9.18 Å². The summed E-state index contributed by atoms with van der Waals surface area (Å²) in [6.07, 6.45) is 0.486. The van der Waals surface area contributed by atoms with Crippen molar-refractivity contribution in [1.29, 1.82) is 0 Å². The molecular formula is C14H18FN3O2. The molecular weight excluding hydrogens is 261 g/mol. The van der Waals surface area contributed by atoms with Gasteiger partial charge in [0.15, 0.2) is 0 Å². The summed E-state index contributed by atoms with van der Waals surface area (Å²) in [7, 11) is 0. The third-order valence-electron chi connectivity index (χ3n) is 3.76. The number of carbonyl (C=O) groups is 2. The van der Waals surface area contributed by atoms with Crippen molar-refractivity contribution >= 4 is 11.9 Å². The second kappa shape index (κ2) is 5.20. The molecule has 6 heteroatoms. The molecule has 2 rings (SSSR count). The number of benzene rings is 1. The van der Waals surface area contributed by atoms with E-state index < -0.39 is 17.4 Å². The van der Waals surface area contributed by atoms with E-state index in [0.29, 0.717) is 12.0 Å². The van der Waals surface area contributed by atoms with Gasteiger partial charge in [0.25, 0.3) is 5.91 Å². The number of nitrogens with two attached hydrogens (primary N) is 1. The lowest BCUT2D eigenvalue weighted by molar-refractivity contribution is -0.131. The zero-order valence-electron chi connectivity index (χ0n) is 11.6. The highest BCUT2D eigenvalue weighted by molar-refractivity contribution is 6.06. The van der Waals surface area contributed by atoms with Gasteiger partial charge in [0.2, 0.25) is 0 Å². The molecule has 1 aliphatic rings. The number of carbonyl (C=O) groups excluding carboxylic acids is 2. The Kier molecular flexibility index (Phi) is 3.76. The molecule has 20 heavy (non-hydrogen) atoms. The second-order valence-corrected chi connectivity index (χ2v) is 5.10. The topological polar surface area (TPSA) is 75.4 Å². The van der Waals surface area contributed by atoms with Gasteiger partial charge in [-0.2, -0.15) is 0 Å². The summed E-state index contributed by atoms with van der Waals surface area (Å²) in [6.45, 7) is 3.48. The van der Waals surface area contributed by atoms with Gasteiger partial charge in [-0.3, -0.25) is 9.69 Å². The van der Waals surface area contributed by atoms with Gasteiger partial charge in [0.1, 0.15) is 11.4 Å². The fourth-order valence-electron chi connectivity index (χ4n) is 2.21. The van der Waals surface area contributed by atoms with Gasteiger partial charge in [0.05, 0.1) is 6.54 Å². The Balaban J connectivity index is 2.27. The molecule has 5 nitrogen and oxygen atoms in total. The summed E-state index contributed by atoms with van der Waals surface area (Å²) < 4.78 is 14.1. The highest BCUT2D eigenvalue weighted by atomic mass is 19.1. The molecule has 1 unspecified atom stereocenters. The number of nitrogens with one attached hydrogen (secondary N) is 1. The number of hydrogen-bond donors (Lipinski definition) is 2. The maximum Gasteiger partial charge on any atom is 0.325 e. The molecule has 0 aromatic heterocycles. The molecule has 1 saturated heterocycles. The first-order chi connectivity index (χ1) is 9.42. The van der Waals surface area contributed by atoms with E-state index in [1.165, 1.54) is 0 Å². The van der Waals surface area contributed by atoms with Crippen molar-refractivity contribution in [2.75, 3.05) is 0 Å². The Bertz CT molecular complexity index is 561. The molecule has 1 fully saturated rings. The van der Waals surface area contributed by atoms with Crippen LogP contribution in [0.1, 0.15) is 31.4 Å². The fraction of sp³-hybridized carbons (Fsp3) is 0.429. The molecule has 0 radical (unpaired) electrons. The number of hydrogen-bond acceptors (Lipinski definition) is 3. The van der Waals surface area contributed by atoms with Gasteiger partial charge in [0, 0.05) is 17.7 Å². The van der Waals surface area contributed by atoms with Gasteiger partial charge >= 0.3 is 6.03 Å². The van der Waals surface area contributed by atoms with E-state index in [1.54, 1.807) is 25.1 Å². The number of urea groups is 1. The van der Waals surface area contributed by atoms with Crippen molar-refractivity contribution in [2.45, 2.75) is 38.9 Å². The Labute approximate surface area is 116 Å². The molecule has 0 spiro atoms. The average molecular weight is 279 g/mol. The Morgan fingerprint density at radius 1 is 1.35 bits per heavy atom. The first kappa shape index (κ1) is 14.5. The highest BCUT2D eigenvalue weighted by Gasteiger charge is 2.46. The van der Waals surface area contributed by atoms with Crippen LogP contribution in [-0.4, -0.2) is 22.4 Å². The molecule has 0 saturated carbocycles. The third kappa shape index (κ3) is 2.27. The van der Waals surface area contributed by atoms with Gasteiger partial charge in [-0.05, 0) is 13.3 Å². The lowest BCUT2D eigenvalue weighted by atomic mass is 9.99. The zero-order valence-corrected chi connectivity index (χ0v) is 11.6. The minimum atomic E-state index is -0.904. The summed E-state index contributed by atoms with van der Waals surface area (Å²) in [4.78, 5) is 25.2. The van der Waals surface area contributed by atoms with Crippen LogP contribution in [-0.2, 0) is 17.9 Å². The Morgan fingerprint density at radius 3 is 2.55 bits per heavy atom. The van der Waals surface area contributed by atoms with E-state index in [9.17, 15) is 14.0 Å². The largest absolute Gasteiger partial charge is 0.326 e. The minimum Gasteiger partial charge on any atom is -0.326 e. The lowest BCUT2D eigenvalue weighted by Crippen LogP contribution is -2.43. The maximum atomic E-state index is 14.1. The van der Waals surface area contributed by atoms with Crippen molar-refractivity contribution < 1.29 is 14.0 Å². The van der Waals surface area contributed by atoms with E-state index >= 15 is 0 Å². The van der Waals surface area contributed by atoms with E-state index in [2.05, 4.69) is 5.32 Å². The van der Waals surface area contributed by atoms with Crippen LogP contribution in [0, 0.1) is 5.82 Å². The Hall–Kier alpha value is -1.95. The maximum absolute atomic E-state index is 14.1. The van der Waals surface area contributed by atoms with Crippen molar-refractivity contribution in [3.8, 4) is 0 Å². The van der Waals surface area contributed by atoms with Crippen LogP contribution >= 0.6 is 0 Å².